The first-order valence-electron chi connectivity index (χ1n) is 5.52. The Hall–Kier alpha value is -0.830. The van der Waals surface area contributed by atoms with Gasteiger partial charge in [0.15, 0.2) is 6.23 Å². The van der Waals surface area contributed by atoms with Gasteiger partial charge >= 0.3 is 5.97 Å². The van der Waals surface area contributed by atoms with Crippen LogP contribution in [0.1, 0.15) is 39.5 Å². The molecular weight excluding hydrogens is 190 g/mol. The van der Waals surface area contributed by atoms with E-state index in [1.807, 2.05) is 19.0 Å². The van der Waals surface area contributed by atoms with Crippen LogP contribution in [0.25, 0.3) is 0 Å². The standard InChI is InChI=1S/C12H23NO2/c1-6-7-8-9-11(13(4)5)15-12(14)10(2)3/h11H,2,6-9H2,1,3-5H3. The Bertz CT molecular complexity index is 212. The smallest absolute Gasteiger partial charge is 0.334 e. The minimum Gasteiger partial charge on any atom is -0.443 e. The van der Waals surface area contributed by atoms with Gasteiger partial charge in [0.05, 0.1) is 0 Å². The number of hydrogen-bond acceptors (Lipinski definition) is 3. The number of carbonyl (C=O) groups excluding carboxylic acids is 1. The molecule has 3 nitrogen and oxygen atoms in total. The summed E-state index contributed by atoms with van der Waals surface area (Å²) in [6.07, 6.45) is 4.20. The maximum absolute atomic E-state index is 11.3. The van der Waals surface area contributed by atoms with Crippen molar-refractivity contribution in [1.82, 2.24) is 4.90 Å². The molecule has 0 aromatic heterocycles. The molecule has 0 aliphatic carbocycles. The minimum atomic E-state index is -0.301. The maximum Gasteiger partial charge on any atom is 0.334 e. The summed E-state index contributed by atoms with van der Waals surface area (Å²) in [7, 11) is 3.84. The molecule has 0 aliphatic rings. The zero-order valence-corrected chi connectivity index (χ0v) is 10.4. The molecule has 1 unspecified atom stereocenters. The number of unbranched alkanes of at least 4 members (excludes halogenated alkanes) is 2. The summed E-state index contributed by atoms with van der Waals surface area (Å²) in [4.78, 5) is 13.3. The largest absolute Gasteiger partial charge is 0.443 e. The average molecular weight is 213 g/mol. The summed E-state index contributed by atoms with van der Waals surface area (Å²) in [5.41, 5.74) is 0.456. The van der Waals surface area contributed by atoms with Crippen LogP contribution in [0, 0.1) is 0 Å². The third-order valence-electron chi connectivity index (χ3n) is 2.22. The van der Waals surface area contributed by atoms with Gasteiger partial charge in [-0.2, -0.15) is 0 Å². The summed E-state index contributed by atoms with van der Waals surface area (Å²) in [6, 6.07) is 0. The summed E-state index contributed by atoms with van der Waals surface area (Å²) in [5.74, 6) is -0.301. The SMILES string of the molecule is C=C(C)C(=O)OC(CCCCC)N(C)C. The summed E-state index contributed by atoms with van der Waals surface area (Å²) >= 11 is 0. The van der Waals surface area contributed by atoms with E-state index in [9.17, 15) is 4.79 Å². The van der Waals surface area contributed by atoms with E-state index >= 15 is 0 Å². The van der Waals surface area contributed by atoms with Crippen LogP contribution in [-0.4, -0.2) is 31.2 Å². The van der Waals surface area contributed by atoms with E-state index in [4.69, 9.17) is 4.74 Å². The Balaban J connectivity index is 4.04. The fourth-order valence-electron chi connectivity index (χ4n) is 1.22. The first-order chi connectivity index (χ1) is 6.99. The van der Waals surface area contributed by atoms with Crippen molar-refractivity contribution >= 4 is 5.97 Å². The molecule has 3 heteroatoms. The van der Waals surface area contributed by atoms with Crippen LogP contribution in [0.5, 0.6) is 0 Å². The highest BCUT2D eigenvalue weighted by Gasteiger charge is 2.16. The predicted molar refractivity (Wildman–Crippen MR) is 62.5 cm³/mol. The van der Waals surface area contributed by atoms with Crippen LogP contribution in [0.3, 0.4) is 0 Å². The van der Waals surface area contributed by atoms with E-state index in [2.05, 4.69) is 13.5 Å². The molecule has 0 N–H and O–H groups in total. The van der Waals surface area contributed by atoms with E-state index in [0.717, 1.165) is 12.8 Å². The molecule has 88 valence electrons. The number of ether oxygens (including phenoxy) is 1. The molecule has 0 fully saturated rings. The summed E-state index contributed by atoms with van der Waals surface area (Å²) in [6.45, 7) is 7.40. The fourth-order valence-corrected chi connectivity index (χ4v) is 1.22. The summed E-state index contributed by atoms with van der Waals surface area (Å²) in [5, 5.41) is 0. The van der Waals surface area contributed by atoms with E-state index in [1.54, 1.807) is 6.92 Å². The molecule has 0 saturated heterocycles. The quantitative estimate of drug-likeness (QED) is 0.282. The van der Waals surface area contributed by atoms with Gasteiger partial charge in [0.25, 0.3) is 0 Å². The Morgan fingerprint density at radius 3 is 2.40 bits per heavy atom. The molecule has 0 aliphatic heterocycles. The molecule has 0 amide bonds. The van der Waals surface area contributed by atoms with Crippen molar-refractivity contribution in [1.29, 1.82) is 0 Å². The molecule has 0 bridgehead atoms. The second kappa shape index (κ2) is 7.46. The molecular formula is C12H23NO2. The topological polar surface area (TPSA) is 29.5 Å². The molecule has 0 radical (unpaired) electrons. The van der Waals surface area contributed by atoms with Crippen molar-refractivity contribution in [3.05, 3.63) is 12.2 Å². The zero-order valence-electron chi connectivity index (χ0n) is 10.4. The highest BCUT2D eigenvalue weighted by molar-refractivity contribution is 5.87. The minimum absolute atomic E-state index is 0.124. The number of carbonyl (C=O) groups is 1. The lowest BCUT2D eigenvalue weighted by Gasteiger charge is -2.24. The monoisotopic (exact) mass is 213 g/mol. The van der Waals surface area contributed by atoms with Crippen molar-refractivity contribution < 1.29 is 9.53 Å². The highest BCUT2D eigenvalue weighted by Crippen LogP contribution is 2.10. The van der Waals surface area contributed by atoms with Crippen LogP contribution < -0.4 is 0 Å². The van der Waals surface area contributed by atoms with Gasteiger partial charge in [-0.25, -0.2) is 4.79 Å². The third kappa shape index (κ3) is 6.28. The van der Waals surface area contributed by atoms with Gasteiger partial charge < -0.3 is 4.74 Å². The fraction of sp³-hybridized carbons (Fsp3) is 0.750. The van der Waals surface area contributed by atoms with Crippen LogP contribution in [0.15, 0.2) is 12.2 Å². The summed E-state index contributed by atoms with van der Waals surface area (Å²) < 4.78 is 5.31. The van der Waals surface area contributed by atoms with Gasteiger partial charge in [-0.15, -0.1) is 0 Å². The zero-order chi connectivity index (χ0) is 11.8. The van der Waals surface area contributed by atoms with Crippen LogP contribution >= 0.6 is 0 Å². The van der Waals surface area contributed by atoms with Crippen molar-refractivity contribution in [3.63, 3.8) is 0 Å². The Morgan fingerprint density at radius 1 is 1.40 bits per heavy atom. The average Bonchev–Trinajstić information content (AvgIpc) is 2.15. The lowest BCUT2D eigenvalue weighted by molar-refractivity contribution is -0.152. The third-order valence-corrected chi connectivity index (χ3v) is 2.22. The highest BCUT2D eigenvalue weighted by atomic mass is 16.6. The van der Waals surface area contributed by atoms with E-state index < -0.39 is 0 Å². The number of hydrogen-bond donors (Lipinski definition) is 0. The van der Waals surface area contributed by atoms with Gasteiger partial charge in [0, 0.05) is 5.57 Å². The Kier molecular flexibility index (Phi) is 7.05. The lowest BCUT2D eigenvalue weighted by Crippen LogP contribution is -2.33. The van der Waals surface area contributed by atoms with Gasteiger partial charge in [-0.1, -0.05) is 26.3 Å². The van der Waals surface area contributed by atoms with E-state index in [1.165, 1.54) is 12.8 Å². The van der Waals surface area contributed by atoms with Crippen molar-refractivity contribution in [2.75, 3.05) is 14.1 Å². The molecule has 15 heavy (non-hydrogen) atoms. The number of nitrogens with zero attached hydrogens (tertiary/aromatic N) is 1. The van der Waals surface area contributed by atoms with Gasteiger partial charge in [0.2, 0.25) is 0 Å². The van der Waals surface area contributed by atoms with Crippen LogP contribution in [0.2, 0.25) is 0 Å². The lowest BCUT2D eigenvalue weighted by atomic mass is 10.2. The van der Waals surface area contributed by atoms with E-state index in [0.29, 0.717) is 5.57 Å². The molecule has 0 heterocycles. The van der Waals surface area contributed by atoms with Crippen LogP contribution in [-0.2, 0) is 9.53 Å². The number of esters is 1. The van der Waals surface area contributed by atoms with Crippen LogP contribution in [0.4, 0.5) is 0 Å². The molecule has 0 aromatic carbocycles. The van der Waals surface area contributed by atoms with Crippen molar-refractivity contribution in [2.24, 2.45) is 0 Å². The van der Waals surface area contributed by atoms with Gasteiger partial charge in [-0.3, -0.25) is 4.90 Å². The normalized spacial score (nSPS) is 12.6. The molecule has 0 saturated carbocycles. The predicted octanol–water partition coefficient (Wildman–Crippen LogP) is 2.57. The maximum atomic E-state index is 11.3. The molecule has 0 rings (SSSR count). The van der Waals surface area contributed by atoms with Gasteiger partial charge in [0.1, 0.15) is 0 Å². The molecule has 1 atom stereocenters. The van der Waals surface area contributed by atoms with Crippen molar-refractivity contribution in [3.8, 4) is 0 Å². The van der Waals surface area contributed by atoms with E-state index in [-0.39, 0.29) is 12.2 Å². The Morgan fingerprint density at radius 2 is 2.00 bits per heavy atom. The Labute approximate surface area is 93.1 Å². The second-order valence-electron chi connectivity index (χ2n) is 4.10. The first kappa shape index (κ1) is 14.2. The molecule has 0 aromatic rings. The first-order valence-corrected chi connectivity index (χ1v) is 5.52. The molecule has 0 spiro atoms. The van der Waals surface area contributed by atoms with Crippen molar-refractivity contribution in [2.45, 2.75) is 45.8 Å². The van der Waals surface area contributed by atoms with Gasteiger partial charge in [-0.05, 0) is 33.9 Å². The second-order valence-corrected chi connectivity index (χ2v) is 4.10. The number of rotatable bonds is 7.